The third-order valence-electron chi connectivity index (χ3n) is 3.97. The molecule has 136 valence electrons. The lowest BCUT2D eigenvalue weighted by Gasteiger charge is -2.13. The number of oxime groups is 1. The van der Waals surface area contributed by atoms with Gasteiger partial charge in [-0.15, -0.1) is 0 Å². The van der Waals surface area contributed by atoms with Crippen LogP contribution in [0.2, 0.25) is 5.02 Å². The molecular formula is C18H15ClFNO5. The Balaban J connectivity index is 2.00. The molecule has 0 bridgehead atoms. The first-order chi connectivity index (χ1) is 12.5. The second kappa shape index (κ2) is 7.21. The van der Waals surface area contributed by atoms with Gasteiger partial charge >= 0.3 is 0 Å². The fourth-order valence-electron chi connectivity index (χ4n) is 2.77. The Morgan fingerprint density at radius 1 is 1.42 bits per heavy atom. The highest BCUT2D eigenvalue weighted by molar-refractivity contribution is 6.34. The number of rotatable bonds is 4. The number of aromatic hydroxyl groups is 1. The monoisotopic (exact) mass is 379 g/mol. The maximum Gasteiger partial charge on any atom is 0.267 e. The minimum Gasteiger partial charge on any atom is -0.505 e. The number of halogens is 2. The molecular weight excluding hydrogens is 365 g/mol. The zero-order valence-electron chi connectivity index (χ0n) is 13.7. The van der Waals surface area contributed by atoms with E-state index in [0.29, 0.717) is 5.56 Å². The van der Waals surface area contributed by atoms with E-state index in [9.17, 15) is 14.3 Å². The number of phenolic OH excluding ortho intramolecular Hbond substituents is 1. The van der Waals surface area contributed by atoms with Crippen LogP contribution in [-0.4, -0.2) is 34.7 Å². The van der Waals surface area contributed by atoms with E-state index in [1.165, 1.54) is 24.3 Å². The lowest BCUT2D eigenvalue weighted by Crippen LogP contribution is -2.27. The number of hydrogen-bond donors (Lipinski definition) is 2. The molecule has 0 radical (unpaired) electrons. The van der Waals surface area contributed by atoms with Crippen LogP contribution in [0, 0.1) is 5.82 Å². The average Bonchev–Trinajstić information content (AvgIpc) is 3.06. The van der Waals surface area contributed by atoms with Gasteiger partial charge < -0.3 is 19.8 Å². The van der Waals surface area contributed by atoms with E-state index in [2.05, 4.69) is 5.16 Å². The molecule has 1 unspecified atom stereocenters. The summed E-state index contributed by atoms with van der Waals surface area (Å²) < 4.78 is 24.7. The van der Waals surface area contributed by atoms with Crippen LogP contribution in [0.3, 0.4) is 0 Å². The van der Waals surface area contributed by atoms with Gasteiger partial charge in [0.25, 0.3) is 5.90 Å². The van der Waals surface area contributed by atoms with E-state index in [-0.39, 0.29) is 40.8 Å². The highest BCUT2D eigenvalue weighted by Gasteiger charge is 2.34. The summed E-state index contributed by atoms with van der Waals surface area (Å²) in [5, 5.41) is 22.2. The molecule has 2 aromatic rings. The van der Waals surface area contributed by atoms with Crippen LogP contribution in [0.5, 0.6) is 11.5 Å². The second-order valence-electron chi connectivity index (χ2n) is 5.57. The second-order valence-corrected chi connectivity index (χ2v) is 5.94. The molecule has 2 N–H and O–H groups in total. The van der Waals surface area contributed by atoms with Crippen LogP contribution in [0.1, 0.15) is 28.4 Å². The fourth-order valence-corrected chi connectivity index (χ4v) is 3.04. The number of benzene rings is 2. The van der Waals surface area contributed by atoms with Crippen molar-refractivity contribution in [1.29, 1.82) is 0 Å². The van der Waals surface area contributed by atoms with Crippen molar-refractivity contribution in [2.75, 3.05) is 6.61 Å². The molecule has 1 aliphatic rings. The Bertz CT molecular complexity index is 899. The summed E-state index contributed by atoms with van der Waals surface area (Å²) in [5.74, 6) is -1.78. The van der Waals surface area contributed by atoms with Crippen molar-refractivity contribution < 1.29 is 29.0 Å². The summed E-state index contributed by atoms with van der Waals surface area (Å²) in [6, 6.07) is 6.86. The molecule has 3 rings (SSSR count). The summed E-state index contributed by atoms with van der Waals surface area (Å²) in [4.78, 5) is 12.6. The third-order valence-corrected chi connectivity index (χ3v) is 4.32. The topological polar surface area (TPSA) is 88.4 Å². The van der Waals surface area contributed by atoms with Gasteiger partial charge in [-0.25, -0.2) is 4.39 Å². The van der Waals surface area contributed by atoms with Gasteiger partial charge in [0.1, 0.15) is 22.3 Å². The zero-order valence-corrected chi connectivity index (χ0v) is 14.5. The standard InChI is InChI=1S/C18H15ClFNO5/c1-2-25-18(21-24)13-8-9-7-11(16(23)14(19)17(9)26-13)15(22)10-5-3-4-6-12(10)20/h3-7,13,23-24H,2,8H2,1H3/b21-18-. The Hall–Kier alpha value is -2.80. The van der Waals surface area contributed by atoms with Gasteiger partial charge in [0.15, 0.2) is 11.9 Å². The predicted molar refractivity (Wildman–Crippen MR) is 91.9 cm³/mol. The number of carbonyl (C=O) groups is 1. The molecule has 26 heavy (non-hydrogen) atoms. The van der Waals surface area contributed by atoms with Crippen molar-refractivity contribution in [2.24, 2.45) is 5.16 Å². The number of hydrogen-bond acceptors (Lipinski definition) is 6. The number of fused-ring (bicyclic) bond motifs is 1. The number of nitrogens with zero attached hydrogens (tertiary/aromatic N) is 1. The quantitative estimate of drug-likeness (QED) is 0.279. The fraction of sp³-hybridized carbons (Fsp3) is 0.222. The smallest absolute Gasteiger partial charge is 0.267 e. The lowest BCUT2D eigenvalue weighted by molar-refractivity contribution is 0.103. The summed E-state index contributed by atoms with van der Waals surface area (Å²) in [6.07, 6.45) is -0.530. The summed E-state index contributed by atoms with van der Waals surface area (Å²) in [7, 11) is 0. The maximum atomic E-state index is 13.9. The van der Waals surface area contributed by atoms with Crippen LogP contribution >= 0.6 is 11.6 Å². The molecule has 8 heteroatoms. The van der Waals surface area contributed by atoms with Gasteiger partial charge in [-0.2, -0.15) is 0 Å². The Kier molecular flexibility index (Phi) is 4.99. The molecule has 0 saturated heterocycles. The third kappa shape index (κ3) is 3.06. The van der Waals surface area contributed by atoms with Gasteiger partial charge in [0.05, 0.1) is 17.7 Å². The number of phenols is 1. The van der Waals surface area contributed by atoms with Crippen molar-refractivity contribution in [1.82, 2.24) is 0 Å². The molecule has 0 spiro atoms. The molecule has 0 fully saturated rings. The SMILES string of the molecule is CCO/C(=N\O)C1Cc2cc(C(=O)c3ccccc3F)c(O)c(Cl)c2O1. The van der Waals surface area contributed by atoms with Gasteiger partial charge in [-0.3, -0.25) is 4.79 Å². The number of ether oxygens (including phenoxy) is 2. The van der Waals surface area contributed by atoms with Crippen LogP contribution in [0.4, 0.5) is 4.39 Å². The van der Waals surface area contributed by atoms with Crippen molar-refractivity contribution >= 4 is 23.3 Å². The zero-order chi connectivity index (χ0) is 18.8. The Morgan fingerprint density at radius 2 is 2.15 bits per heavy atom. The summed E-state index contributed by atoms with van der Waals surface area (Å²) >= 11 is 6.14. The molecule has 1 aliphatic heterocycles. The average molecular weight is 380 g/mol. The van der Waals surface area contributed by atoms with E-state index in [4.69, 9.17) is 26.3 Å². The highest BCUT2D eigenvalue weighted by Crippen LogP contribution is 2.44. The first kappa shape index (κ1) is 18.0. The van der Waals surface area contributed by atoms with Crippen LogP contribution < -0.4 is 4.74 Å². The lowest BCUT2D eigenvalue weighted by atomic mass is 9.98. The van der Waals surface area contributed by atoms with E-state index < -0.39 is 23.5 Å². The van der Waals surface area contributed by atoms with Crippen molar-refractivity contribution in [3.8, 4) is 11.5 Å². The molecule has 0 amide bonds. The van der Waals surface area contributed by atoms with E-state index >= 15 is 0 Å². The Labute approximate surface area is 153 Å². The molecule has 0 saturated carbocycles. The van der Waals surface area contributed by atoms with Crippen molar-refractivity contribution in [3.63, 3.8) is 0 Å². The predicted octanol–water partition coefficient (Wildman–Crippen LogP) is 3.54. The first-order valence-corrected chi connectivity index (χ1v) is 8.20. The number of ketones is 1. The molecule has 0 aliphatic carbocycles. The minimum atomic E-state index is -0.745. The normalized spacial score (nSPS) is 16.1. The van der Waals surface area contributed by atoms with E-state index in [0.717, 1.165) is 6.07 Å². The summed E-state index contributed by atoms with van der Waals surface area (Å²) in [5.41, 5.74) is 0.196. The van der Waals surface area contributed by atoms with Crippen molar-refractivity contribution in [3.05, 3.63) is 57.9 Å². The molecule has 6 nitrogen and oxygen atoms in total. The van der Waals surface area contributed by atoms with Gasteiger partial charge in [0.2, 0.25) is 0 Å². The molecule has 2 aromatic carbocycles. The van der Waals surface area contributed by atoms with E-state index in [1.807, 2.05) is 0 Å². The maximum absolute atomic E-state index is 13.9. The van der Waals surface area contributed by atoms with Crippen molar-refractivity contribution in [2.45, 2.75) is 19.4 Å². The van der Waals surface area contributed by atoms with Gasteiger partial charge in [-0.1, -0.05) is 28.9 Å². The van der Waals surface area contributed by atoms with Crippen LogP contribution in [0.25, 0.3) is 0 Å². The van der Waals surface area contributed by atoms with E-state index in [1.54, 1.807) is 6.92 Å². The van der Waals surface area contributed by atoms with Gasteiger partial charge in [-0.05, 0) is 25.1 Å². The first-order valence-electron chi connectivity index (χ1n) is 7.82. The number of carbonyl (C=O) groups excluding carboxylic acids is 1. The highest BCUT2D eigenvalue weighted by atomic mass is 35.5. The molecule has 1 heterocycles. The molecule has 1 atom stereocenters. The summed E-state index contributed by atoms with van der Waals surface area (Å²) in [6.45, 7) is 1.99. The minimum absolute atomic E-state index is 0.0405. The molecule has 0 aromatic heterocycles. The largest absolute Gasteiger partial charge is 0.505 e. The Morgan fingerprint density at radius 3 is 2.81 bits per heavy atom. The van der Waals surface area contributed by atoms with Crippen LogP contribution in [-0.2, 0) is 11.2 Å². The van der Waals surface area contributed by atoms with Gasteiger partial charge in [0, 0.05) is 12.0 Å². The van der Waals surface area contributed by atoms with Crippen LogP contribution in [0.15, 0.2) is 35.5 Å².